The third kappa shape index (κ3) is 4.69. The first-order chi connectivity index (χ1) is 8.10. The molecular formula is C14H19BrO3. The average molecular weight is 315 g/mol. The predicted molar refractivity (Wildman–Crippen MR) is 74.7 cm³/mol. The van der Waals surface area contributed by atoms with Crippen LogP contribution < -0.4 is 4.74 Å². The fourth-order valence-electron chi connectivity index (χ4n) is 1.24. The lowest BCUT2D eigenvalue weighted by molar-refractivity contribution is -0.170. The van der Waals surface area contributed by atoms with Crippen molar-refractivity contribution in [2.75, 3.05) is 0 Å². The highest BCUT2D eigenvalue weighted by atomic mass is 79.9. The summed E-state index contributed by atoms with van der Waals surface area (Å²) in [5.41, 5.74) is -1.53. The summed E-state index contributed by atoms with van der Waals surface area (Å²) in [7, 11) is 0. The van der Waals surface area contributed by atoms with Crippen molar-refractivity contribution < 1.29 is 14.3 Å². The lowest BCUT2D eigenvalue weighted by atomic mass is 10.1. The first-order valence-corrected chi connectivity index (χ1v) is 6.57. The molecule has 0 atom stereocenters. The number of rotatable bonds is 3. The van der Waals surface area contributed by atoms with Gasteiger partial charge in [-0.1, -0.05) is 15.9 Å². The molecule has 4 heteroatoms. The van der Waals surface area contributed by atoms with Crippen LogP contribution in [0, 0.1) is 0 Å². The largest absolute Gasteiger partial charge is 0.476 e. The second-order valence-electron chi connectivity index (χ2n) is 5.57. The maximum Gasteiger partial charge on any atom is 0.350 e. The van der Waals surface area contributed by atoms with Crippen molar-refractivity contribution in [2.45, 2.75) is 45.8 Å². The topological polar surface area (TPSA) is 35.5 Å². The van der Waals surface area contributed by atoms with Gasteiger partial charge in [0.1, 0.15) is 11.4 Å². The van der Waals surface area contributed by atoms with E-state index in [0.717, 1.165) is 4.47 Å². The SMILES string of the molecule is CC(C)(C)OC(=O)C(C)(C)Oc1ccc(Br)cc1. The van der Waals surface area contributed by atoms with Crippen molar-refractivity contribution in [2.24, 2.45) is 0 Å². The van der Waals surface area contributed by atoms with E-state index >= 15 is 0 Å². The third-order valence-corrected chi connectivity index (χ3v) is 2.61. The van der Waals surface area contributed by atoms with Crippen molar-refractivity contribution in [1.82, 2.24) is 0 Å². The van der Waals surface area contributed by atoms with Crippen LogP contribution in [0.3, 0.4) is 0 Å². The Bertz CT molecular complexity index is 416. The normalized spacial score (nSPS) is 12.1. The number of benzene rings is 1. The molecule has 0 spiro atoms. The summed E-state index contributed by atoms with van der Waals surface area (Å²) in [6, 6.07) is 7.33. The monoisotopic (exact) mass is 314 g/mol. The van der Waals surface area contributed by atoms with Gasteiger partial charge in [-0.15, -0.1) is 0 Å². The van der Waals surface area contributed by atoms with Crippen LogP contribution in [0.15, 0.2) is 28.7 Å². The van der Waals surface area contributed by atoms with Crippen LogP contribution >= 0.6 is 15.9 Å². The number of hydrogen-bond donors (Lipinski definition) is 0. The highest BCUT2D eigenvalue weighted by Gasteiger charge is 2.34. The first kappa shape index (κ1) is 15.0. The Balaban J connectivity index is 2.75. The van der Waals surface area contributed by atoms with Crippen LogP contribution in [0.1, 0.15) is 34.6 Å². The number of halogens is 1. The number of esters is 1. The minimum Gasteiger partial charge on any atom is -0.476 e. The van der Waals surface area contributed by atoms with Crippen LogP contribution in [0.4, 0.5) is 0 Å². The summed E-state index contributed by atoms with van der Waals surface area (Å²) >= 11 is 3.35. The molecule has 0 saturated heterocycles. The molecule has 0 heterocycles. The van der Waals surface area contributed by atoms with Gasteiger partial charge < -0.3 is 9.47 Å². The first-order valence-electron chi connectivity index (χ1n) is 5.78. The predicted octanol–water partition coefficient (Wildman–Crippen LogP) is 3.95. The van der Waals surface area contributed by atoms with Crippen LogP contribution in [0.5, 0.6) is 5.75 Å². The Morgan fingerprint density at radius 2 is 1.56 bits per heavy atom. The number of carbonyl (C=O) groups is 1. The van der Waals surface area contributed by atoms with E-state index in [4.69, 9.17) is 9.47 Å². The maximum atomic E-state index is 12.0. The average Bonchev–Trinajstić information content (AvgIpc) is 2.18. The second-order valence-corrected chi connectivity index (χ2v) is 6.48. The molecule has 0 N–H and O–H groups in total. The fraction of sp³-hybridized carbons (Fsp3) is 0.500. The van der Waals surface area contributed by atoms with Gasteiger partial charge in [-0.3, -0.25) is 0 Å². The van der Waals surface area contributed by atoms with E-state index in [9.17, 15) is 4.79 Å². The molecule has 100 valence electrons. The Labute approximate surface area is 117 Å². The van der Waals surface area contributed by atoms with Crippen molar-refractivity contribution in [3.8, 4) is 5.75 Å². The van der Waals surface area contributed by atoms with Gasteiger partial charge in [-0.2, -0.15) is 0 Å². The van der Waals surface area contributed by atoms with Gasteiger partial charge >= 0.3 is 5.97 Å². The summed E-state index contributed by atoms with van der Waals surface area (Å²) in [5, 5.41) is 0. The van der Waals surface area contributed by atoms with Gasteiger partial charge in [0.2, 0.25) is 0 Å². The molecule has 0 saturated carbocycles. The lowest BCUT2D eigenvalue weighted by Gasteiger charge is -2.29. The van der Waals surface area contributed by atoms with E-state index in [1.165, 1.54) is 0 Å². The summed E-state index contributed by atoms with van der Waals surface area (Å²) in [4.78, 5) is 12.0. The van der Waals surface area contributed by atoms with Crippen LogP contribution in [-0.4, -0.2) is 17.2 Å². The van der Waals surface area contributed by atoms with E-state index in [1.54, 1.807) is 26.0 Å². The van der Waals surface area contributed by atoms with Crippen molar-refractivity contribution in [3.05, 3.63) is 28.7 Å². The Hall–Kier alpha value is -1.03. The second kappa shape index (κ2) is 5.31. The highest BCUT2D eigenvalue weighted by molar-refractivity contribution is 9.10. The van der Waals surface area contributed by atoms with Gasteiger partial charge in [0.05, 0.1) is 0 Å². The van der Waals surface area contributed by atoms with E-state index in [-0.39, 0.29) is 5.97 Å². The molecule has 0 fully saturated rings. The highest BCUT2D eigenvalue weighted by Crippen LogP contribution is 2.23. The molecule has 1 rings (SSSR count). The molecule has 0 aliphatic rings. The van der Waals surface area contributed by atoms with Gasteiger partial charge in [-0.25, -0.2) is 4.79 Å². The zero-order valence-corrected chi connectivity index (χ0v) is 13.0. The number of hydrogen-bond acceptors (Lipinski definition) is 3. The minimum absolute atomic E-state index is 0.377. The van der Waals surface area contributed by atoms with Crippen LogP contribution in [0.25, 0.3) is 0 Å². The number of ether oxygens (including phenoxy) is 2. The molecule has 0 radical (unpaired) electrons. The molecule has 3 nitrogen and oxygen atoms in total. The molecule has 0 aliphatic heterocycles. The van der Waals surface area contributed by atoms with E-state index in [0.29, 0.717) is 5.75 Å². The molecule has 0 aliphatic carbocycles. The van der Waals surface area contributed by atoms with Gasteiger partial charge in [-0.05, 0) is 58.9 Å². The molecule has 0 aromatic heterocycles. The third-order valence-electron chi connectivity index (χ3n) is 2.08. The van der Waals surface area contributed by atoms with Gasteiger partial charge in [0.25, 0.3) is 0 Å². The van der Waals surface area contributed by atoms with Gasteiger partial charge in [0, 0.05) is 4.47 Å². The Morgan fingerprint density at radius 1 is 1.06 bits per heavy atom. The molecule has 0 bridgehead atoms. The fourth-order valence-corrected chi connectivity index (χ4v) is 1.50. The smallest absolute Gasteiger partial charge is 0.350 e. The van der Waals surface area contributed by atoms with Crippen LogP contribution in [0.2, 0.25) is 0 Å². The van der Waals surface area contributed by atoms with Gasteiger partial charge in [0.15, 0.2) is 5.60 Å². The maximum absolute atomic E-state index is 12.0. The summed E-state index contributed by atoms with van der Waals surface area (Å²) in [5.74, 6) is 0.256. The molecule has 18 heavy (non-hydrogen) atoms. The minimum atomic E-state index is -1.01. The Morgan fingerprint density at radius 3 is 2.00 bits per heavy atom. The summed E-state index contributed by atoms with van der Waals surface area (Å²) in [6.07, 6.45) is 0. The van der Waals surface area contributed by atoms with Crippen molar-refractivity contribution in [3.63, 3.8) is 0 Å². The van der Waals surface area contributed by atoms with E-state index < -0.39 is 11.2 Å². The summed E-state index contributed by atoms with van der Waals surface area (Å²) < 4.78 is 12.0. The number of carbonyl (C=O) groups excluding carboxylic acids is 1. The molecule has 0 unspecified atom stereocenters. The van der Waals surface area contributed by atoms with Crippen LogP contribution in [-0.2, 0) is 9.53 Å². The summed E-state index contributed by atoms with van der Waals surface area (Å²) in [6.45, 7) is 8.90. The van der Waals surface area contributed by atoms with E-state index in [2.05, 4.69) is 15.9 Å². The molecule has 1 aromatic rings. The van der Waals surface area contributed by atoms with Crippen molar-refractivity contribution in [1.29, 1.82) is 0 Å². The molecule has 0 amide bonds. The quantitative estimate of drug-likeness (QED) is 0.792. The standard InChI is InChI=1S/C14H19BrO3/c1-13(2,3)18-12(16)14(4,5)17-11-8-6-10(15)7-9-11/h6-9H,1-5H3. The van der Waals surface area contributed by atoms with E-state index in [1.807, 2.05) is 32.9 Å². The van der Waals surface area contributed by atoms with Crippen molar-refractivity contribution >= 4 is 21.9 Å². The molecule has 1 aromatic carbocycles. The zero-order chi connectivity index (χ0) is 14.0. The zero-order valence-electron chi connectivity index (χ0n) is 11.4. The molecular weight excluding hydrogens is 296 g/mol. The Kier molecular flexibility index (Phi) is 4.43. The lowest BCUT2D eigenvalue weighted by Crippen LogP contribution is -2.43.